The van der Waals surface area contributed by atoms with Gasteiger partial charge in [0, 0.05) is 23.4 Å². The molecule has 0 radical (unpaired) electrons. The lowest BCUT2D eigenvalue weighted by Gasteiger charge is -1.99. The van der Waals surface area contributed by atoms with Gasteiger partial charge in [0.05, 0.1) is 11.1 Å². The highest BCUT2D eigenvalue weighted by atomic mass is 32.1. The molecule has 21 heavy (non-hydrogen) atoms. The maximum absolute atomic E-state index is 10.8. The number of oxazole rings is 1. The van der Waals surface area contributed by atoms with E-state index in [2.05, 4.69) is 0 Å². The first kappa shape index (κ1) is 13.3. The molecule has 1 heterocycles. The summed E-state index contributed by atoms with van der Waals surface area (Å²) in [6, 6.07) is 15.8. The van der Waals surface area contributed by atoms with Crippen molar-refractivity contribution in [2.75, 3.05) is 0 Å². The number of hydrogen-bond donors (Lipinski definition) is 0. The van der Waals surface area contributed by atoms with Gasteiger partial charge in [-0.15, -0.1) is 0 Å². The van der Waals surface area contributed by atoms with E-state index >= 15 is 0 Å². The lowest BCUT2D eigenvalue weighted by molar-refractivity contribution is -0.384. The lowest BCUT2D eigenvalue weighted by atomic mass is 10.1. The molecule has 0 fully saturated rings. The molecule has 5 nitrogen and oxygen atoms in total. The molecule has 0 amide bonds. The number of nitro groups is 1. The minimum Gasteiger partial charge on any atom is -0.429 e. The summed E-state index contributed by atoms with van der Waals surface area (Å²) in [5.74, 6) is 0.493. The molecule has 0 spiro atoms. The molecule has 0 unspecified atom stereocenters. The minimum absolute atomic E-state index is 0.0149. The second kappa shape index (κ2) is 5.34. The SMILES string of the molecule is O=[N+]([O-])c1cccc(-c2cn(-c3ccccc3)c(=S)o2)c1. The Morgan fingerprint density at radius 1 is 1.10 bits per heavy atom. The number of non-ortho nitro benzene ring substituents is 1. The van der Waals surface area contributed by atoms with Crippen LogP contribution in [0.3, 0.4) is 0 Å². The van der Waals surface area contributed by atoms with E-state index in [1.165, 1.54) is 12.1 Å². The second-order valence-corrected chi connectivity index (χ2v) is 4.72. The first-order valence-electron chi connectivity index (χ1n) is 6.18. The van der Waals surface area contributed by atoms with E-state index < -0.39 is 4.92 Å². The van der Waals surface area contributed by atoms with Crippen molar-refractivity contribution >= 4 is 17.9 Å². The summed E-state index contributed by atoms with van der Waals surface area (Å²) < 4.78 is 7.27. The van der Waals surface area contributed by atoms with Crippen LogP contribution in [0.2, 0.25) is 0 Å². The molecular weight excluding hydrogens is 288 g/mol. The number of para-hydroxylation sites is 1. The van der Waals surface area contributed by atoms with Crippen molar-refractivity contribution in [1.82, 2.24) is 4.57 Å². The van der Waals surface area contributed by atoms with Crippen LogP contribution >= 0.6 is 12.2 Å². The van der Waals surface area contributed by atoms with Gasteiger partial charge in [-0.25, -0.2) is 0 Å². The highest BCUT2D eigenvalue weighted by Gasteiger charge is 2.11. The van der Waals surface area contributed by atoms with Crippen LogP contribution < -0.4 is 0 Å². The standard InChI is InChI=1S/C15H10N2O3S/c18-17(19)13-8-4-5-11(9-13)14-10-16(15(21)20-14)12-6-2-1-3-7-12/h1-10H. The van der Waals surface area contributed by atoms with E-state index in [9.17, 15) is 10.1 Å². The molecule has 3 aromatic rings. The number of hydrogen-bond acceptors (Lipinski definition) is 4. The fraction of sp³-hybridized carbons (Fsp3) is 0. The minimum atomic E-state index is -0.438. The summed E-state index contributed by atoms with van der Waals surface area (Å²) in [4.78, 5) is 10.7. The number of nitrogens with zero attached hydrogens (tertiary/aromatic N) is 2. The summed E-state index contributed by atoms with van der Waals surface area (Å²) in [6.45, 7) is 0. The summed E-state index contributed by atoms with van der Waals surface area (Å²) in [6.07, 6.45) is 1.73. The zero-order valence-corrected chi connectivity index (χ0v) is 11.6. The number of nitro benzene ring substituents is 1. The largest absolute Gasteiger partial charge is 0.429 e. The van der Waals surface area contributed by atoms with Crippen LogP contribution in [0.25, 0.3) is 17.0 Å². The average Bonchev–Trinajstić information content (AvgIpc) is 2.90. The predicted molar refractivity (Wildman–Crippen MR) is 81.0 cm³/mol. The molecule has 2 aromatic carbocycles. The van der Waals surface area contributed by atoms with Gasteiger partial charge in [-0.1, -0.05) is 30.3 Å². The Morgan fingerprint density at radius 2 is 1.86 bits per heavy atom. The third kappa shape index (κ3) is 2.61. The highest BCUT2D eigenvalue weighted by Crippen LogP contribution is 2.26. The van der Waals surface area contributed by atoms with Crippen molar-refractivity contribution in [2.24, 2.45) is 0 Å². The molecule has 0 saturated carbocycles. The molecule has 0 aliphatic carbocycles. The molecule has 6 heteroatoms. The molecular formula is C15H10N2O3S. The number of benzene rings is 2. The van der Waals surface area contributed by atoms with E-state index in [0.29, 0.717) is 16.2 Å². The van der Waals surface area contributed by atoms with E-state index in [1.807, 2.05) is 30.3 Å². The van der Waals surface area contributed by atoms with Gasteiger partial charge in [0.15, 0.2) is 5.76 Å². The van der Waals surface area contributed by atoms with Gasteiger partial charge in [0.2, 0.25) is 0 Å². The summed E-state index contributed by atoms with van der Waals surface area (Å²) in [5.41, 5.74) is 1.51. The maximum Gasteiger partial charge on any atom is 0.273 e. The van der Waals surface area contributed by atoms with Gasteiger partial charge in [0.1, 0.15) is 0 Å². The summed E-state index contributed by atoms with van der Waals surface area (Å²) in [7, 11) is 0. The molecule has 1 aromatic heterocycles. The van der Waals surface area contributed by atoms with Gasteiger partial charge in [-0.05, 0) is 24.4 Å². The van der Waals surface area contributed by atoms with Gasteiger partial charge in [0.25, 0.3) is 10.5 Å². The molecule has 0 atom stereocenters. The second-order valence-electron chi connectivity index (χ2n) is 4.37. The van der Waals surface area contributed by atoms with E-state index in [-0.39, 0.29) is 5.69 Å². The predicted octanol–water partition coefficient (Wildman–Crippen LogP) is 4.37. The molecule has 0 aliphatic rings. The van der Waals surface area contributed by atoms with Crippen LogP contribution in [-0.2, 0) is 0 Å². The molecule has 3 rings (SSSR count). The quantitative estimate of drug-likeness (QED) is 0.409. The summed E-state index contributed by atoms with van der Waals surface area (Å²) in [5, 5.41) is 10.8. The van der Waals surface area contributed by atoms with Crippen LogP contribution in [0.4, 0.5) is 5.69 Å². The van der Waals surface area contributed by atoms with Crippen LogP contribution in [0.15, 0.2) is 65.2 Å². The van der Waals surface area contributed by atoms with Crippen molar-refractivity contribution in [2.45, 2.75) is 0 Å². The zero-order chi connectivity index (χ0) is 14.8. The first-order valence-corrected chi connectivity index (χ1v) is 6.59. The third-order valence-electron chi connectivity index (χ3n) is 3.02. The Morgan fingerprint density at radius 3 is 2.57 bits per heavy atom. The van der Waals surface area contributed by atoms with E-state index in [1.54, 1.807) is 22.9 Å². The van der Waals surface area contributed by atoms with Crippen LogP contribution in [0, 0.1) is 15.0 Å². The Balaban J connectivity index is 2.08. The van der Waals surface area contributed by atoms with Crippen molar-refractivity contribution in [3.8, 4) is 17.0 Å². The molecule has 0 saturated heterocycles. The zero-order valence-electron chi connectivity index (χ0n) is 10.8. The van der Waals surface area contributed by atoms with Crippen molar-refractivity contribution in [1.29, 1.82) is 0 Å². The van der Waals surface area contributed by atoms with E-state index in [0.717, 1.165) is 5.69 Å². The summed E-state index contributed by atoms with van der Waals surface area (Å²) >= 11 is 5.20. The van der Waals surface area contributed by atoms with Gasteiger partial charge < -0.3 is 4.42 Å². The fourth-order valence-electron chi connectivity index (χ4n) is 2.01. The Labute approximate surface area is 125 Å². The fourth-order valence-corrected chi connectivity index (χ4v) is 2.26. The third-order valence-corrected chi connectivity index (χ3v) is 3.30. The highest BCUT2D eigenvalue weighted by molar-refractivity contribution is 7.71. The molecule has 0 aliphatic heterocycles. The Hall–Kier alpha value is -2.73. The van der Waals surface area contributed by atoms with Crippen molar-refractivity contribution in [3.63, 3.8) is 0 Å². The van der Waals surface area contributed by atoms with Crippen molar-refractivity contribution < 1.29 is 9.34 Å². The van der Waals surface area contributed by atoms with Gasteiger partial charge in [-0.3, -0.25) is 14.7 Å². The molecule has 0 bridgehead atoms. The van der Waals surface area contributed by atoms with Gasteiger partial charge >= 0.3 is 0 Å². The molecule has 0 N–H and O–H groups in total. The number of rotatable bonds is 3. The van der Waals surface area contributed by atoms with Crippen LogP contribution in [0.1, 0.15) is 0 Å². The van der Waals surface area contributed by atoms with Crippen molar-refractivity contribution in [3.05, 3.63) is 75.7 Å². The Kier molecular flexibility index (Phi) is 3.37. The Bertz CT molecular complexity index is 853. The lowest BCUT2D eigenvalue weighted by Crippen LogP contribution is -1.90. The van der Waals surface area contributed by atoms with E-state index in [4.69, 9.17) is 16.6 Å². The molecule has 104 valence electrons. The smallest absolute Gasteiger partial charge is 0.273 e. The number of aromatic nitrogens is 1. The normalized spacial score (nSPS) is 10.5. The topological polar surface area (TPSA) is 61.2 Å². The maximum atomic E-state index is 10.8. The van der Waals surface area contributed by atoms with Gasteiger partial charge in [-0.2, -0.15) is 0 Å². The van der Waals surface area contributed by atoms with Crippen LogP contribution in [0.5, 0.6) is 0 Å². The van der Waals surface area contributed by atoms with Crippen LogP contribution in [-0.4, -0.2) is 9.49 Å². The average molecular weight is 298 g/mol. The first-order chi connectivity index (χ1) is 10.1. The monoisotopic (exact) mass is 298 g/mol.